The summed E-state index contributed by atoms with van der Waals surface area (Å²) < 4.78 is 12.9. The van der Waals surface area contributed by atoms with Gasteiger partial charge in [-0.1, -0.05) is 12.1 Å². The van der Waals surface area contributed by atoms with E-state index in [-0.39, 0.29) is 24.3 Å². The molecule has 1 atom stereocenters. The molecule has 3 nitrogen and oxygen atoms in total. The third kappa shape index (κ3) is 2.64. The van der Waals surface area contributed by atoms with Crippen molar-refractivity contribution in [3.8, 4) is 0 Å². The molecular formula is C13H17FN2O. The Hall–Kier alpha value is -1.42. The maximum Gasteiger partial charge on any atom is 0.236 e. The van der Waals surface area contributed by atoms with Crippen LogP contribution in [0.4, 0.5) is 4.39 Å². The number of piperidine rings is 1. The number of nitrogens with zero attached hydrogens (tertiary/aromatic N) is 1. The van der Waals surface area contributed by atoms with Gasteiger partial charge in [0, 0.05) is 6.54 Å². The average molecular weight is 236 g/mol. The summed E-state index contributed by atoms with van der Waals surface area (Å²) in [5.74, 6) is -0.278. The van der Waals surface area contributed by atoms with Crippen LogP contribution in [-0.2, 0) is 4.79 Å². The lowest BCUT2D eigenvalue weighted by Gasteiger charge is -2.36. The smallest absolute Gasteiger partial charge is 0.236 e. The number of nitrogens with two attached hydrogens (primary N) is 1. The van der Waals surface area contributed by atoms with E-state index in [1.54, 1.807) is 12.1 Å². The van der Waals surface area contributed by atoms with Gasteiger partial charge in [0.15, 0.2) is 0 Å². The van der Waals surface area contributed by atoms with Crippen molar-refractivity contribution in [1.82, 2.24) is 4.90 Å². The summed E-state index contributed by atoms with van der Waals surface area (Å²) in [5.41, 5.74) is 6.41. The highest BCUT2D eigenvalue weighted by atomic mass is 19.1. The van der Waals surface area contributed by atoms with Crippen molar-refractivity contribution in [2.45, 2.75) is 25.3 Å². The highest BCUT2D eigenvalue weighted by molar-refractivity contribution is 5.78. The third-order valence-electron chi connectivity index (χ3n) is 3.25. The lowest BCUT2D eigenvalue weighted by atomic mass is 9.95. The topological polar surface area (TPSA) is 46.3 Å². The van der Waals surface area contributed by atoms with Crippen LogP contribution < -0.4 is 5.73 Å². The third-order valence-corrected chi connectivity index (χ3v) is 3.25. The maximum atomic E-state index is 12.9. The predicted octanol–water partition coefficient (Wildman–Crippen LogP) is 1.84. The molecule has 0 aromatic heterocycles. The summed E-state index contributed by atoms with van der Waals surface area (Å²) >= 11 is 0. The second kappa shape index (κ2) is 5.27. The Morgan fingerprint density at radius 2 is 2.06 bits per heavy atom. The molecule has 2 rings (SSSR count). The number of likely N-dealkylation sites (tertiary alicyclic amines) is 1. The van der Waals surface area contributed by atoms with Crippen molar-refractivity contribution in [3.63, 3.8) is 0 Å². The maximum absolute atomic E-state index is 12.9. The van der Waals surface area contributed by atoms with Crippen LogP contribution in [0.1, 0.15) is 30.9 Å². The Kier molecular flexibility index (Phi) is 3.74. The van der Waals surface area contributed by atoms with Gasteiger partial charge in [-0.3, -0.25) is 4.79 Å². The molecule has 1 fully saturated rings. The molecule has 0 spiro atoms. The number of hydrogen-bond donors (Lipinski definition) is 1. The lowest BCUT2D eigenvalue weighted by Crippen LogP contribution is -2.41. The van der Waals surface area contributed by atoms with E-state index in [1.165, 1.54) is 12.1 Å². The summed E-state index contributed by atoms with van der Waals surface area (Å²) in [4.78, 5) is 13.6. The van der Waals surface area contributed by atoms with Gasteiger partial charge in [0.1, 0.15) is 5.82 Å². The Labute approximate surface area is 100 Å². The fraction of sp³-hybridized carbons (Fsp3) is 0.462. The van der Waals surface area contributed by atoms with Gasteiger partial charge in [-0.15, -0.1) is 0 Å². The normalized spacial score (nSPS) is 20.4. The van der Waals surface area contributed by atoms with Crippen molar-refractivity contribution in [2.24, 2.45) is 5.73 Å². The van der Waals surface area contributed by atoms with E-state index >= 15 is 0 Å². The zero-order valence-electron chi connectivity index (χ0n) is 9.73. The Bertz CT molecular complexity index is 391. The number of halogens is 1. The molecule has 1 aromatic rings. The molecule has 0 radical (unpaired) electrons. The van der Waals surface area contributed by atoms with E-state index in [2.05, 4.69) is 0 Å². The van der Waals surface area contributed by atoms with Gasteiger partial charge in [-0.2, -0.15) is 0 Å². The summed E-state index contributed by atoms with van der Waals surface area (Å²) in [6.07, 6.45) is 3.04. The zero-order chi connectivity index (χ0) is 12.3. The first kappa shape index (κ1) is 12.0. The van der Waals surface area contributed by atoms with Gasteiger partial charge in [-0.25, -0.2) is 4.39 Å². The van der Waals surface area contributed by atoms with Crippen LogP contribution in [0, 0.1) is 5.82 Å². The standard InChI is InChI=1S/C13H17FN2O/c14-11-6-4-10(5-7-11)12-3-1-2-8-16(12)13(17)9-15/h4-7,12H,1-3,8-9,15H2/t12-/m1/s1. The van der Waals surface area contributed by atoms with Crippen LogP contribution in [0.5, 0.6) is 0 Å². The minimum absolute atomic E-state index is 0.0287. The largest absolute Gasteiger partial charge is 0.335 e. The first-order valence-electron chi connectivity index (χ1n) is 5.97. The summed E-state index contributed by atoms with van der Waals surface area (Å²) in [7, 11) is 0. The predicted molar refractivity (Wildman–Crippen MR) is 63.8 cm³/mol. The van der Waals surface area contributed by atoms with Gasteiger partial charge in [0.25, 0.3) is 0 Å². The number of benzene rings is 1. The highest BCUT2D eigenvalue weighted by Gasteiger charge is 2.26. The average Bonchev–Trinajstić information content (AvgIpc) is 2.39. The van der Waals surface area contributed by atoms with E-state index < -0.39 is 0 Å². The van der Waals surface area contributed by atoms with Crippen molar-refractivity contribution >= 4 is 5.91 Å². The molecule has 1 amide bonds. The van der Waals surface area contributed by atoms with Crippen LogP contribution in [0.15, 0.2) is 24.3 Å². The summed E-state index contributed by atoms with van der Waals surface area (Å²) in [5, 5.41) is 0. The van der Waals surface area contributed by atoms with Gasteiger partial charge >= 0.3 is 0 Å². The quantitative estimate of drug-likeness (QED) is 0.851. The first-order valence-corrected chi connectivity index (χ1v) is 5.97. The van der Waals surface area contributed by atoms with Crippen LogP contribution in [0.25, 0.3) is 0 Å². The zero-order valence-corrected chi connectivity index (χ0v) is 9.73. The van der Waals surface area contributed by atoms with Gasteiger partial charge in [0.2, 0.25) is 5.91 Å². The number of hydrogen-bond acceptors (Lipinski definition) is 2. The van der Waals surface area contributed by atoms with Crippen LogP contribution in [0.2, 0.25) is 0 Å². The first-order chi connectivity index (χ1) is 8.22. The monoisotopic (exact) mass is 236 g/mol. The highest BCUT2D eigenvalue weighted by Crippen LogP contribution is 2.30. The molecule has 0 aliphatic carbocycles. The Morgan fingerprint density at radius 1 is 1.35 bits per heavy atom. The molecule has 1 aliphatic rings. The van der Waals surface area contributed by atoms with Crippen molar-refractivity contribution in [1.29, 1.82) is 0 Å². The fourth-order valence-corrected chi connectivity index (χ4v) is 2.38. The minimum Gasteiger partial charge on any atom is -0.335 e. The molecule has 2 N–H and O–H groups in total. The molecule has 4 heteroatoms. The summed E-state index contributed by atoms with van der Waals surface area (Å²) in [6, 6.07) is 6.44. The molecule has 1 aliphatic heterocycles. The molecule has 0 unspecified atom stereocenters. The number of rotatable bonds is 2. The lowest BCUT2D eigenvalue weighted by molar-refractivity contribution is -0.133. The van der Waals surface area contributed by atoms with Gasteiger partial charge in [-0.05, 0) is 37.0 Å². The van der Waals surface area contributed by atoms with Gasteiger partial charge in [0.05, 0.1) is 12.6 Å². The van der Waals surface area contributed by atoms with Crippen LogP contribution >= 0.6 is 0 Å². The van der Waals surface area contributed by atoms with Crippen molar-refractivity contribution in [3.05, 3.63) is 35.6 Å². The Morgan fingerprint density at radius 3 is 2.71 bits per heavy atom. The van der Waals surface area contributed by atoms with Crippen molar-refractivity contribution in [2.75, 3.05) is 13.1 Å². The van der Waals surface area contributed by atoms with E-state index in [4.69, 9.17) is 5.73 Å². The molecule has 1 aromatic carbocycles. The molecule has 0 bridgehead atoms. The number of carbonyl (C=O) groups is 1. The van der Waals surface area contributed by atoms with Crippen molar-refractivity contribution < 1.29 is 9.18 Å². The number of carbonyl (C=O) groups excluding carboxylic acids is 1. The van der Waals surface area contributed by atoms with E-state index in [0.29, 0.717) is 0 Å². The van der Waals surface area contributed by atoms with Crippen LogP contribution in [0.3, 0.4) is 0 Å². The number of amides is 1. The Balaban J connectivity index is 2.21. The van der Waals surface area contributed by atoms with Gasteiger partial charge < -0.3 is 10.6 Å². The molecule has 17 heavy (non-hydrogen) atoms. The van der Waals surface area contributed by atoms with E-state index in [1.807, 2.05) is 4.90 Å². The molecule has 1 heterocycles. The molecule has 1 saturated heterocycles. The fourth-order valence-electron chi connectivity index (χ4n) is 2.38. The molecule has 0 saturated carbocycles. The second-order valence-electron chi connectivity index (χ2n) is 4.35. The second-order valence-corrected chi connectivity index (χ2v) is 4.35. The van der Waals surface area contributed by atoms with Crippen LogP contribution in [-0.4, -0.2) is 23.9 Å². The minimum atomic E-state index is -0.249. The van der Waals surface area contributed by atoms with E-state index in [0.717, 1.165) is 31.4 Å². The van der Waals surface area contributed by atoms with E-state index in [9.17, 15) is 9.18 Å². The molecule has 92 valence electrons. The molecular weight excluding hydrogens is 219 g/mol. The summed E-state index contributed by atoms with van der Waals surface area (Å²) in [6.45, 7) is 0.787. The SMILES string of the molecule is NCC(=O)N1CCCC[C@@H]1c1ccc(F)cc1.